The van der Waals surface area contributed by atoms with Crippen LogP contribution in [0.5, 0.6) is 0 Å². The summed E-state index contributed by atoms with van der Waals surface area (Å²) < 4.78 is 1.35. The average molecular weight is 325 g/mol. The molecule has 0 radical (unpaired) electrons. The zero-order valence-corrected chi connectivity index (χ0v) is 15.0. The highest BCUT2D eigenvalue weighted by Gasteiger charge is 2.12. The first-order valence-electron chi connectivity index (χ1n) is 6.26. The van der Waals surface area contributed by atoms with E-state index in [1.807, 2.05) is 0 Å². The second kappa shape index (κ2) is 9.39. The molecule has 0 saturated heterocycles. The van der Waals surface area contributed by atoms with Gasteiger partial charge in [-0.3, -0.25) is 0 Å². The van der Waals surface area contributed by atoms with Crippen LogP contribution in [-0.4, -0.2) is 43.6 Å². The van der Waals surface area contributed by atoms with Gasteiger partial charge in [-0.25, -0.2) is 0 Å². The zero-order valence-electron chi connectivity index (χ0n) is 11.6. The Morgan fingerprint density at radius 3 is 1.28 bits per heavy atom. The van der Waals surface area contributed by atoms with Crippen molar-refractivity contribution in [3.05, 3.63) is 0 Å². The summed E-state index contributed by atoms with van der Waals surface area (Å²) in [4.78, 5) is 4.27. The number of hydrogen-bond donors (Lipinski definition) is 2. The molecule has 6 heteroatoms. The van der Waals surface area contributed by atoms with Gasteiger partial charge in [0.15, 0.2) is 0 Å². The van der Waals surface area contributed by atoms with Crippen molar-refractivity contribution in [2.24, 2.45) is 0 Å². The second-order valence-electron chi connectivity index (χ2n) is 4.85. The molecule has 0 amide bonds. The van der Waals surface area contributed by atoms with E-state index in [9.17, 15) is 0 Å². The van der Waals surface area contributed by atoms with Crippen molar-refractivity contribution in [2.75, 3.05) is 13.1 Å². The number of nitrogens with zero attached hydrogens (tertiary/aromatic N) is 2. The van der Waals surface area contributed by atoms with Crippen molar-refractivity contribution >= 4 is 58.3 Å². The molecule has 0 spiro atoms. The highest BCUT2D eigenvalue weighted by molar-refractivity contribution is 8.11. The maximum atomic E-state index is 5.12. The van der Waals surface area contributed by atoms with E-state index < -0.39 is 0 Å². The van der Waals surface area contributed by atoms with Gasteiger partial charge in [-0.1, -0.05) is 24.4 Å². The molecule has 0 aromatic heterocycles. The van der Waals surface area contributed by atoms with Crippen LogP contribution in [-0.2, 0) is 0 Å². The van der Waals surface area contributed by atoms with E-state index in [0.717, 1.165) is 25.9 Å². The van der Waals surface area contributed by atoms with Gasteiger partial charge < -0.3 is 9.80 Å². The third-order valence-corrected chi connectivity index (χ3v) is 3.77. The third-order valence-electron chi connectivity index (χ3n) is 2.79. The molecular formula is C12H24N2S4. The minimum Gasteiger partial charge on any atom is -0.355 e. The minimum absolute atomic E-state index is 0.405. The molecule has 0 N–H and O–H groups in total. The Kier molecular flexibility index (Phi) is 9.64. The first-order valence-corrected chi connectivity index (χ1v) is 7.97. The number of hydrogen-bond acceptors (Lipinski definition) is 2. The van der Waals surface area contributed by atoms with E-state index in [4.69, 9.17) is 24.4 Å². The van der Waals surface area contributed by atoms with Crippen LogP contribution in [0.1, 0.15) is 40.5 Å². The van der Waals surface area contributed by atoms with Crippen molar-refractivity contribution in [2.45, 2.75) is 52.6 Å². The Morgan fingerprint density at radius 1 is 0.833 bits per heavy atom. The van der Waals surface area contributed by atoms with E-state index in [2.05, 4.69) is 62.8 Å². The first kappa shape index (κ1) is 18.5. The summed E-state index contributed by atoms with van der Waals surface area (Å²) >= 11 is 18.8. The van der Waals surface area contributed by atoms with Gasteiger partial charge in [0.2, 0.25) is 0 Å². The Hall–Kier alpha value is 0.480. The summed E-state index contributed by atoms with van der Waals surface area (Å²) in [5.74, 6) is 0. The molecule has 18 heavy (non-hydrogen) atoms. The SMILES string of the molecule is CC(C)N(CCCCN(C(=S)S)C(C)C)C(=S)S. The topological polar surface area (TPSA) is 6.48 Å². The van der Waals surface area contributed by atoms with Crippen LogP contribution < -0.4 is 0 Å². The van der Waals surface area contributed by atoms with Crippen LogP contribution in [0.3, 0.4) is 0 Å². The normalized spacial score (nSPS) is 10.9. The van der Waals surface area contributed by atoms with Crippen LogP contribution >= 0.6 is 49.7 Å². The van der Waals surface area contributed by atoms with Gasteiger partial charge >= 0.3 is 0 Å². The highest BCUT2D eigenvalue weighted by atomic mass is 32.1. The predicted octanol–water partition coefficient (Wildman–Crippen LogP) is 3.62. The molecule has 0 aliphatic carbocycles. The maximum absolute atomic E-state index is 5.12. The van der Waals surface area contributed by atoms with Gasteiger partial charge in [0.25, 0.3) is 0 Å². The molecule has 2 nitrogen and oxygen atoms in total. The molecule has 0 aromatic carbocycles. The summed E-state index contributed by atoms with van der Waals surface area (Å²) in [5.41, 5.74) is 0. The Morgan fingerprint density at radius 2 is 1.11 bits per heavy atom. The predicted molar refractivity (Wildman–Crippen MR) is 96.1 cm³/mol. The summed E-state index contributed by atoms with van der Waals surface area (Å²) in [5, 5.41) is 0. The van der Waals surface area contributed by atoms with Gasteiger partial charge in [-0.15, -0.1) is 25.3 Å². The monoisotopic (exact) mass is 324 g/mol. The molecule has 0 atom stereocenters. The van der Waals surface area contributed by atoms with Gasteiger partial charge in [0.1, 0.15) is 8.64 Å². The summed E-state index contributed by atoms with van der Waals surface area (Å²) in [6, 6.07) is 0.810. The summed E-state index contributed by atoms with van der Waals surface area (Å²) in [7, 11) is 0. The smallest absolute Gasteiger partial charge is 0.133 e. The van der Waals surface area contributed by atoms with Crippen molar-refractivity contribution < 1.29 is 0 Å². The second-order valence-corrected chi connectivity index (χ2v) is 7.07. The van der Waals surface area contributed by atoms with Gasteiger partial charge in [0, 0.05) is 25.2 Å². The Bertz CT molecular complexity index is 251. The van der Waals surface area contributed by atoms with Gasteiger partial charge in [-0.2, -0.15) is 0 Å². The van der Waals surface area contributed by atoms with E-state index in [1.165, 1.54) is 0 Å². The van der Waals surface area contributed by atoms with E-state index in [-0.39, 0.29) is 0 Å². The largest absolute Gasteiger partial charge is 0.355 e. The van der Waals surface area contributed by atoms with Crippen molar-refractivity contribution in [3.8, 4) is 0 Å². The molecule has 106 valence electrons. The van der Waals surface area contributed by atoms with Crippen molar-refractivity contribution in [3.63, 3.8) is 0 Å². The summed E-state index contributed by atoms with van der Waals surface area (Å²) in [6.45, 7) is 10.4. The molecule has 0 unspecified atom stereocenters. The molecule has 0 heterocycles. The van der Waals surface area contributed by atoms with Crippen LogP contribution in [0.4, 0.5) is 0 Å². The lowest BCUT2D eigenvalue weighted by Crippen LogP contribution is -2.36. The van der Waals surface area contributed by atoms with Crippen molar-refractivity contribution in [1.29, 1.82) is 0 Å². The van der Waals surface area contributed by atoms with Crippen molar-refractivity contribution in [1.82, 2.24) is 9.80 Å². The molecule has 0 aliphatic heterocycles. The molecular weight excluding hydrogens is 300 g/mol. The van der Waals surface area contributed by atoms with Crippen LogP contribution in [0, 0.1) is 0 Å². The van der Waals surface area contributed by atoms with E-state index in [1.54, 1.807) is 0 Å². The Balaban J connectivity index is 4.04. The maximum Gasteiger partial charge on any atom is 0.133 e. The molecule has 0 saturated carbocycles. The standard InChI is InChI=1S/C12H24N2S4/c1-9(2)13(11(15)16)7-5-6-8-14(10(3)4)12(17)18/h9-10H,5-8H2,1-4H3,(H,15,16)(H,17,18). The quantitative estimate of drug-likeness (QED) is 0.419. The van der Waals surface area contributed by atoms with Crippen LogP contribution in [0.2, 0.25) is 0 Å². The van der Waals surface area contributed by atoms with E-state index in [0.29, 0.717) is 20.7 Å². The molecule has 0 bridgehead atoms. The van der Waals surface area contributed by atoms with E-state index >= 15 is 0 Å². The average Bonchev–Trinajstić information content (AvgIpc) is 2.20. The first-order chi connectivity index (χ1) is 8.27. The fourth-order valence-corrected chi connectivity index (χ4v) is 2.98. The highest BCUT2D eigenvalue weighted by Crippen LogP contribution is 2.09. The number of thiocarbonyl (C=S) groups is 2. The van der Waals surface area contributed by atoms with Crippen LogP contribution in [0.25, 0.3) is 0 Å². The lowest BCUT2D eigenvalue weighted by atomic mass is 10.2. The minimum atomic E-state index is 0.405. The number of thiol groups is 2. The molecule has 0 aliphatic rings. The van der Waals surface area contributed by atoms with Gasteiger partial charge in [-0.05, 0) is 40.5 Å². The fourth-order valence-electron chi connectivity index (χ4n) is 1.71. The fraction of sp³-hybridized carbons (Fsp3) is 0.833. The molecule has 0 fully saturated rings. The lowest BCUT2D eigenvalue weighted by molar-refractivity contribution is 0.320. The Labute approximate surface area is 133 Å². The molecule has 0 rings (SSSR count). The van der Waals surface area contributed by atoms with Crippen LogP contribution in [0.15, 0.2) is 0 Å². The number of rotatable bonds is 7. The molecule has 0 aromatic rings. The number of unbranched alkanes of at least 4 members (excludes halogenated alkanes) is 1. The zero-order chi connectivity index (χ0) is 14.3. The van der Waals surface area contributed by atoms with Gasteiger partial charge in [0.05, 0.1) is 0 Å². The summed E-state index contributed by atoms with van der Waals surface area (Å²) in [6.07, 6.45) is 2.16. The third kappa shape index (κ3) is 7.16. The lowest BCUT2D eigenvalue weighted by Gasteiger charge is -2.29.